The van der Waals surface area contributed by atoms with Crippen LogP contribution in [-0.4, -0.2) is 67.6 Å². The predicted octanol–water partition coefficient (Wildman–Crippen LogP) is 4.17. The van der Waals surface area contributed by atoms with E-state index in [9.17, 15) is 9.59 Å². The lowest BCUT2D eigenvalue weighted by molar-refractivity contribution is -0.124. The van der Waals surface area contributed by atoms with E-state index in [1.165, 1.54) is 0 Å². The van der Waals surface area contributed by atoms with Crippen molar-refractivity contribution in [2.75, 3.05) is 45.9 Å². The zero-order valence-electron chi connectivity index (χ0n) is 22.0. The summed E-state index contributed by atoms with van der Waals surface area (Å²) in [6, 6.07) is 11.2. The highest BCUT2D eigenvalue weighted by Crippen LogP contribution is 2.48. The molecule has 0 unspecified atom stereocenters. The molecule has 0 fully saturated rings. The Labute approximate surface area is 214 Å². The first-order valence-electron chi connectivity index (χ1n) is 13.4. The number of nitrogens with one attached hydrogen (secondary N) is 1. The van der Waals surface area contributed by atoms with Crippen LogP contribution in [0.15, 0.2) is 36.4 Å². The molecule has 7 heteroatoms. The van der Waals surface area contributed by atoms with E-state index in [0.29, 0.717) is 49.8 Å². The van der Waals surface area contributed by atoms with Crippen molar-refractivity contribution < 1.29 is 19.1 Å². The van der Waals surface area contributed by atoms with Gasteiger partial charge in [-0.25, -0.2) is 0 Å². The molecule has 0 radical (unpaired) electrons. The van der Waals surface area contributed by atoms with Crippen molar-refractivity contribution in [3.8, 4) is 11.5 Å². The standard InChI is InChI=1S/C29H39N3O4/c1-5-31(6-2)16-11-15-30-28(33)26-21-12-9-10-13-22(21)29(34)32-17-14-20-18-24(35-7-3)25(36-8-4)19-23(20)27(26)32/h9-10,12-13,18-19,26-27H,5-8,11,14-17H2,1-4H3,(H,30,33)/t26-,27-/m0/s1. The SMILES string of the molecule is CCOc1cc2c(cc1OCC)[C@H]1[C@@H](C(=O)NCCCN(CC)CC)c3ccccc3C(=O)N1CC2. The molecule has 2 aliphatic rings. The second kappa shape index (κ2) is 11.8. The Morgan fingerprint density at radius 2 is 1.72 bits per heavy atom. The number of fused-ring (bicyclic) bond motifs is 4. The third-order valence-corrected chi connectivity index (χ3v) is 7.31. The zero-order valence-corrected chi connectivity index (χ0v) is 22.0. The molecule has 0 aliphatic carbocycles. The average Bonchev–Trinajstić information content (AvgIpc) is 2.89. The van der Waals surface area contributed by atoms with Crippen LogP contribution in [0, 0.1) is 0 Å². The summed E-state index contributed by atoms with van der Waals surface area (Å²) in [6.07, 6.45) is 1.60. The van der Waals surface area contributed by atoms with Crippen molar-refractivity contribution in [2.45, 2.75) is 52.5 Å². The fourth-order valence-corrected chi connectivity index (χ4v) is 5.52. The second-order valence-corrected chi connectivity index (χ2v) is 9.29. The molecule has 2 amide bonds. The molecular formula is C29H39N3O4. The molecule has 2 aromatic rings. The highest BCUT2D eigenvalue weighted by atomic mass is 16.5. The van der Waals surface area contributed by atoms with E-state index in [0.717, 1.165) is 42.7 Å². The normalized spacial score (nSPS) is 18.4. The monoisotopic (exact) mass is 493 g/mol. The van der Waals surface area contributed by atoms with Gasteiger partial charge in [-0.15, -0.1) is 0 Å². The summed E-state index contributed by atoms with van der Waals surface area (Å²) >= 11 is 0. The third-order valence-electron chi connectivity index (χ3n) is 7.31. The van der Waals surface area contributed by atoms with Gasteiger partial charge >= 0.3 is 0 Å². The van der Waals surface area contributed by atoms with E-state index in [2.05, 4.69) is 24.1 Å². The average molecular weight is 494 g/mol. The number of nitrogens with zero attached hydrogens (tertiary/aromatic N) is 2. The number of rotatable bonds is 11. The lowest BCUT2D eigenvalue weighted by atomic mass is 9.75. The molecule has 0 bridgehead atoms. The van der Waals surface area contributed by atoms with E-state index in [-0.39, 0.29) is 17.9 Å². The zero-order chi connectivity index (χ0) is 25.7. The predicted molar refractivity (Wildman–Crippen MR) is 141 cm³/mol. The Balaban J connectivity index is 1.70. The molecule has 2 aromatic carbocycles. The summed E-state index contributed by atoms with van der Waals surface area (Å²) in [5, 5.41) is 3.19. The van der Waals surface area contributed by atoms with Crippen molar-refractivity contribution in [1.82, 2.24) is 15.1 Å². The maximum Gasteiger partial charge on any atom is 0.254 e. The summed E-state index contributed by atoms with van der Waals surface area (Å²) in [5.74, 6) is 0.831. The first-order chi connectivity index (χ1) is 17.5. The second-order valence-electron chi connectivity index (χ2n) is 9.29. The molecule has 2 atom stereocenters. The lowest BCUT2D eigenvalue weighted by Gasteiger charge is -2.45. The lowest BCUT2D eigenvalue weighted by Crippen LogP contribution is -2.50. The first kappa shape index (κ1) is 26.0. The van der Waals surface area contributed by atoms with E-state index < -0.39 is 5.92 Å². The van der Waals surface area contributed by atoms with E-state index in [1.54, 1.807) is 0 Å². The molecule has 2 heterocycles. The summed E-state index contributed by atoms with van der Waals surface area (Å²) in [7, 11) is 0. The molecule has 36 heavy (non-hydrogen) atoms. The Morgan fingerprint density at radius 3 is 2.42 bits per heavy atom. The summed E-state index contributed by atoms with van der Waals surface area (Å²) in [6.45, 7) is 13.4. The van der Waals surface area contributed by atoms with Gasteiger partial charge in [-0.2, -0.15) is 0 Å². The van der Waals surface area contributed by atoms with Crippen molar-refractivity contribution >= 4 is 11.8 Å². The first-order valence-corrected chi connectivity index (χ1v) is 13.4. The van der Waals surface area contributed by atoms with Crippen LogP contribution in [0.5, 0.6) is 11.5 Å². The van der Waals surface area contributed by atoms with Crippen molar-refractivity contribution in [3.05, 3.63) is 58.7 Å². The molecule has 2 aliphatic heterocycles. The molecule has 0 saturated carbocycles. The van der Waals surface area contributed by atoms with Crippen molar-refractivity contribution in [3.63, 3.8) is 0 Å². The minimum Gasteiger partial charge on any atom is -0.490 e. The topological polar surface area (TPSA) is 71.1 Å². The Morgan fingerprint density at radius 1 is 1.03 bits per heavy atom. The van der Waals surface area contributed by atoms with Gasteiger partial charge in [-0.05, 0) is 81.2 Å². The maximum absolute atomic E-state index is 13.8. The molecule has 0 saturated heterocycles. The number of amides is 2. The quantitative estimate of drug-likeness (QED) is 0.476. The molecule has 0 aromatic heterocycles. The summed E-state index contributed by atoms with van der Waals surface area (Å²) in [5.41, 5.74) is 3.50. The van der Waals surface area contributed by atoms with Gasteiger partial charge in [0.05, 0.1) is 25.2 Å². The summed E-state index contributed by atoms with van der Waals surface area (Å²) < 4.78 is 11.8. The van der Waals surface area contributed by atoms with Gasteiger partial charge < -0.3 is 24.6 Å². The van der Waals surface area contributed by atoms with Gasteiger partial charge in [-0.1, -0.05) is 32.0 Å². The van der Waals surface area contributed by atoms with Crippen LogP contribution >= 0.6 is 0 Å². The van der Waals surface area contributed by atoms with E-state index in [1.807, 2.05) is 55.1 Å². The smallest absolute Gasteiger partial charge is 0.254 e. The van der Waals surface area contributed by atoms with Crippen LogP contribution in [0.25, 0.3) is 0 Å². The van der Waals surface area contributed by atoms with E-state index in [4.69, 9.17) is 9.47 Å². The molecule has 7 nitrogen and oxygen atoms in total. The fraction of sp³-hybridized carbons (Fsp3) is 0.517. The Bertz CT molecular complexity index is 1080. The highest BCUT2D eigenvalue weighted by molar-refractivity contribution is 6.01. The Hall–Kier alpha value is -3.06. The van der Waals surface area contributed by atoms with Gasteiger partial charge in [-0.3, -0.25) is 9.59 Å². The van der Waals surface area contributed by atoms with E-state index >= 15 is 0 Å². The van der Waals surface area contributed by atoms with Crippen LogP contribution in [0.1, 0.15) is 73.1 Å². The minimum absolute atomic E-state index is 0.0151. The molecule has 0 spiro atoms. The number of hydrogen-bond donors (Lipinski definition) is 1. The van der Waals surface area contributed by atoms with Crippen molar-refractivity contribution in [2.24, 2.45) is 0 Å². The van der Waals surface area contributed by atoms with Gasteiger partial charge in [0.25, 0.3) is 5.91 Å². The van der Waals surface area contributed by atoms with Gasteiger partial charge in [0.2, 0.25) is 5.91 Å². The highest BCUT2D eigenvalue weighted by Gasteiger charge is 2.46. The fourth-order valence-electron chi connectivity index (χ4n) is 5.52. The number of hydrogen-bond acceptors (Lipinski definition) is 5. The number of ether oxygens (including phenoxy) is 2. The van der Waals surface area contributed by atoms with Crippen LogP contribution in [0.2, 0.25) is 0 Å². The van der Waals surface area contributed by atoms with Crippen LogP contribution in [-0.2, 0) is 11.2 Å². The Kier molecular flexibility index (Phi) is 8.52. The van der Waals surface area contributed by atoms with Crippen LogP contribution in [0.4, 0.5) is 0 Å². The number of carbonyl (C=O) groups excluding carboxylic acids is 2. The number of benzene rings is 2. The largest absolute Gasteiger partial charge is 0.490 e. The summed E-state index contributed by atoms with van der Waals surface area (Å²) in [4.78, 5) is 31.5. The third kappa shape index (κ3) is 5.07. The molecule has 1 N–H and O–H groups in total. The molecule has 4 rings (SSSR count). The number of carbonyl (C=O) groups is 2. The van der Waals surface area contributed by atoms with Crippen molar-refractivity contribution in [1.29, 1.82) is 0 Å². The van der Waals surface area contributed by atoms with Crippen LogP contribution in [0.3, 0.4) is 0 Å². The molecule has 194 valence electrons. The van der Waals surface area contributed by atoms with Crippen LogP contribution < -0.4 is 14.8 Å². The van der Waals surface area contributed by atoms with Gasteiger partial charge in [0.1, 0.15) is 0 Å². The van der Waals surface area contributed by atoms with Gasteiger partial charge in [0, 0.05) is 18.7 Å². The molecular weight excluding hydrogens is 454 g/mol. The van der Waals surface area contributed by atoms with Gasteiger partial charge in [0.15, 0.2) is 11.5 Å². The minimum atomic E-state index is -0.487. The maximum atomic E-state index is 13.8.